The van der Waals surface area contributed by atoms with E-state index < -0.39 is 0 Å². The van der Waals surface area contributed by atoms with Crippen LogP contribution in [0.15, 0.2) is 18.2 Å². The molecule has 1 aromatic rings. The van der Waals surface area contributed by atoms with Crippen LogP contribution in [-0.2, 0) is 0 Å². The van der Waals surface area contributed by atoms with E-state index in [0.717, 1.165) is 6.42 Å². The highest BCUT2D eigenvalue weighted by atomic mass is 127. The molecule has 1 aromatic carbocycles. The summed E-state index contributed by atoms with van der Waals surface area (Å²) in [6.07, 6.45) is 0.740. The van der Waals surface area contributed by atoms with E-state index in [1.54, 1.807) is 0 Å². The molecule has 0 unspecified atom stereocenters. The standard InChI is InChI=1S/C10H12FIN2O/c11-7-2-3-8(9(12)6-7)10(15)14-5-1-4-13/h2-3,6H,1,4-5,13H2,(H,14,15). The van der Waals surface area contributed by atoms with Crippen LogP contribution in [0.25, 0.3) is 0 Å². The number of rotatable bonds is 4. The van der Waals surface area contributed by atoms with Gasteiger partial charge in [0.1, 0.15) is 5.82 Å². The van der Waals surface area contributed by atoms with Crippen LogP contribution in [0.3, 0.4) is 0 Å². The van der Waals surface area contributed by atoms with Gasteiger partial charge in [-0.15, -0.1) is 0 Å². The summed E-state index contributed by atoms with van der Waals surface area (Å²) in [4.78, 5) is 11.6. The van der Waals surface area contributed by atoms with E-state index >= 15 is 0 Å². The summed E-state index contributed by atoms with van der Waals surface area (Å²) in [5.41, 5.74) is 5.80. The second-order valence-electron chi connectivity index (χ2n) is 3.02. The first kappa shape index (κ1) is 12.4. The molecule has 0 saturated carbocycles. The molecule has 0 fully saturated rings. The van der Waals surface area contributed by atoms with E-state index in [4.69, 9.17) is 5.73 Å². The first-order valence-corrected chi connectivity index (χ1v) is 5.66. The molecule has 0 aliphatic rings. The first-order valence-electron chi connectivity index (χ1n) is 4.58. The lowest BCUT2D eigenvalue weighted by Gasteiger charge is -2.05. The Morgan fingerprint density at radius 2 is 2.27 bits per heavy atom. The van der Waals surface area contributed by atoms with Gasteiger partial charge in [-0.25, -0.2) is 4.39 Å². The summed E-state index contributed by atoms with van der Waals surface area (Å²) in [6.45, 7) is 1.09. The van der Waals surface area contributed by atoms with Gasteiger partial charge in [0.05, 0.1) is 5.56 Å². The van der Waals surface area contributed by atoms with Gasteiger partial charge >= 0.3 is 0 Å². The average molecular weight is 322 g/mol. The third kappa shape index (κ3) is 3.75. The Kier molecular flexibility index (Phi) is 4.97. The Hall–Kier alpha value is -0.690. The topological polar surface area (TPSA) is 55.1 Å². The normalized spacial score (nSPS) is 10.1. The van der Waals surface area contributed by atoms with E-state index in [1.807, 2.05) is 22.6 Å². The van der Waals surface area contributed by atoms with Crippen molar-refractivity contribution in [3.8, 4) is 0 Å². The zero-order chi connectivity index (χ0) is 11.3. The number of halogens is 2. The predicted molar refractivity (Wildman–Crippen MR) is 65.1 cm³/mol. The third-order valence-corrected chi connectivity index (χ3v) is 2.73. The number of nitrogens with two attached hydrogens (primary N) is 1. The molecule has 82 valence electrons. The Morgan fingerprint density at radius 1 is 1.53 bits per heavy atom. The lowest BCUT2D eigenvalue weighted by Crippen LogP contribution is -2.26. The van der Waals surface area contributed by atoms with Crippen molar-refractivity contribution >= 4 is 28.5 Å². The SMILES string of the molecule is NCCCNC(=O)c1ccc(F)cc1I. The molecule has 1 amide bonds. The molecule has 0 radical (unpaired) electrons. The Morgan fingerprint density at radius 3 is 2.87 bits per heavy atom. The molecule has 0 aliphatic heterocycles. The maximum absolute atomic E-state index is 12.8. The molecule has 0 spiro atoms. The second-order valence-corrected chi connectivity index (χ2v) is 4.18. The zero-order valence-corrected chi connectivity index (χ0v) is 10.3. The summed E-state index contributed by atoms with van der Waals surface area (Å²) in [7, 11) is 0. The molecule has 0 aliphatic carbocycles. The summed E-state index contributed by atoms with van der Waals surface area (Å²) in [6, 6.07) is 4.09. The molecule has 3 N–H and O–H groups in total. The van der Waals surface area contributed by atoms with E-state index in [-0.39, 0.29) is 11.7 Å². The fourth-order valence-electron chi connectivity index (χ4n) is 1.07. The van der Waals surface area contributed by atoms with Crippen molar-refractivity contribution in [1.29, 1.82) is 0 Å². The summed E-state index contributed by atoms with van der Waals surface area (Å²) in [5.74, 6) is -0.522. The van der Waals surface area contributed by atoms with E-state index in [2.05, 4.69) is 5.32 Å². The van der Waals surface area contributed by atoms with Gasteiger partial charge in [-0.05, 0) is 53.8 Å². The second kappa shape index (κ2) is 6.02. The van der Waals surface area contributed by atoms with Gasteiger partial charge in [0.2, 0.25) is 0 Å². The molecule has 0 saturated heterocycles. The van der Waals surface area contributed by atoms with Gasteiger partial charge in [0.25, 0.3) is 5.91 Å². The summed E-state index contributed by atoms with van der Waals surface area (Å²) >= 11 is 1.94. The van der Waals surface area contributed by atoms with Gasteiger partial charge < -0.3 is 11.1 Å². The monoisotopic (exact) mass is 322 g/mol. The highest BCUT2D eigenvalue weighted by Crippen LogP contribution is 2.13. The van der Waals surface area contributed by atoms with Crippen molar-refractivity contribution < 1.29 is 9.18 Å². The Balaban J connectivity index is 2.65. The van der Waals surface area contributed by atoms with Crippen LogP contribution < -0.4 is 11.1 Å². The van der Waals surface area contributed by atoms with Crippen molar-refractivity contribution in [2.75, 3.05) is 13.1 Å². The molecular formula is C10H12FIN2O. The maximum Gasteiger partial charge on any atom is 0.252 e. The van der Waals surface area contributed by atoms with E-state index in [9.17, 15) is 9.18 Å². The van der Waals surface area contributed by atoms with Crippen molar-refractivity contribution in [2.24, 2.45) is 5.73 Å². The van der Waals surface area contributed by atoms with Gasteiger partial charge in [-0.1, -0.05) is 0 Å². The Bertz CT molecular complexity index is 357. The minimum Gasteiger partial charge on any atom is -0.352 e. The fraction of sp³-hybridized carbons (Fsp3) is 0.300. The van der Waals surface area contributed by atoms with Gasteiger partial charge in [0.15, 0.2) is 0 Å². The molecule has 0 atom stereocenters. The molecule has 0 bridgehead atoms. The van der Waals surface area contributed by atoms with Crippen molar-refractivity contribution in [1.82, 2.24) is 5.32 Å². The van der Waals surface area contributed by atoms with Gasteiger partial charge in [-0.3, -0.25) is 4.79 Å². The summed E-state index contributed by atoms with van der Waals surface area (Å²) in [5, 5.41) is 2.71. The largest absolute Gasteiger partial charge is 0.352 e. The third-order valence-electron chi connectivity index (χ3n) is 1.84. The molecule has 5 heteroatoms. The number of benzene rings is 1. The van der Waals surface area contributed by atoms with Crippen molar-refractivity contribution in [3.05, 3.63) is 33.1 Å². The van der Waals surface area contributed by atoms with Crippen LogP contribution in [0.5, 0.6) is 0 Å². The molecule has 15 heavy (non-hydrogen) atoms. The van der Waals surface area contributed by atoms with Crippen LogP contribution in [0, 0.1) is 9.39 Å². The van der Waals surface area contributed by atoms with Crippen LogP contribution in [0.1, 0.15) is 16.8 Å². The lowest BCUT2D eigenvalue weighted by molar-refractivity contribution is 0.0952. The number of hydrogen-bond acceptors (Lipinski definition) is 2. The molecule has 0 aromatic heterocycles. The lowest BCUT2D eigenvalue weighted by atomic mass is 10.2. The number of carbonyl (C=O) groups is 1. The highest BCUT2D eigenvalue weighted by molar-refractivity contribution is 14.1. The maximum atomic E-state index is 12.8. The van der Waals surface area contributed by atoms with Crippen LogP contribution in [0.4, 0.5) is 4.39 Å². The molecule has 1 rings (SSSR count). The summed E-state index contributed by atoms with van der Waals surface area (Å²) < 4.78 is 13.4. The fourth-order valence-corrected chi connectivity index (χ4v) is 1.80. The Labute approximate surface area is 101 Å². The van der Waals surface area contributed by atoms with Crippen molar-refractivity contribution in [2.45, 2.75) is 6.42 Å². The van der Waals surface area contributed by atoms with Crippen LogP contribution >= 0.6 is 22.6 Å². The number of carbonyl (C=O) groups excluding carboxylic acids is 1. The molecule has 3 nitrogen and oxygen atoms in total. The predicted octanol–water partition coefficient (Wildman–Crippen LogP) is 1.51. The van der Waals surface area contributed by atoms with E-state index in [0.29, 0.717) is 22.2 Å². The van der Waals surface area contributed by atoms with Crippen molar-refractivity contribution in [3.63, 3.8) is 0 Å². The zero-order valence-electron chi connectivity index (χ0n) is 8.09. The molecule has 0 heterocycles. The van der Waals surface area contributed by atoms with Gasteiger partial charge in [0, 0.05) is 10.1 Å². The first-order chi connectivity index (χ1) is 7.15. The minimum atomic E-state index is -0.335. The quantitative estimate of drug-likeness (QED) is 0.652. The highest BCUT2D eigenvalue weighted by Gasteiger charge is 2.09. The van der Waals surface area contributed by atoms with Crippen LogP contribution in [-0.4, -0.2) is 19.0 Å². The van der Waals surface area contributed by atoms with E-state index in [1.165, 1.54) is 18.2 Å². The minimum absolute atomic E-state index is 0.187. The smallest absolute Gasteiger partial charge is 0.252 e. The number of amides is 1. The number of hydrogen-bond donors (Lipinski definition) is 2. The molecular weight excluding hydrogens is 310 g/mol. The average Bonchev–Trinajstić information content (AvgIpc) is 2.17. The van der Waals surface area contributed by atoms with Gasteiger partial charge in [-0.2, -0.15) is 0 Å². The van der Waals surface area contributed by atoms with Crippen LogP contribution in [0.2, 0.25) is 0 Å². The number of nitrogens with one attached hydrogen (secondary N) is 1.